The molecule has 0 aliphatic carbocycles. The Labute approximate surface area is 154 Å². The second-order valence-corrected chi connectivity index (χ2v) is 5.46. The fraction of sp³-hybridized carbons (Fsp3) is 0.474. The highest BCUT2D eigenvalue weighted by molar-refractivity contribution is 6.07. The van der Waals surface area contributed by atoms with Crippen LogP contribution in [0.4, 0.5) is 5.69 Å². The molecule has 0 saturated carbocycles. The van der Waals surface area contributed by atoms with Gasteiger partial charge in [-0.15, -0.1) is 0 Å². The summed E-state index contributed by atoms with van der Waals surface area (Å²) < 4.78 is 15.8. The summed E-state index contributed by atoms with van der Waals surface area (Å²) in [5.41, 5.74) is 0.407. The number of unbranched alkanes of at least 4 members (excludes halogenated alkanes) is 1. The molecule has 1 amide bonds. The van der Waals surface area contributed by atoms with Gasteiger partial charge in [0, 0.05) is 32.0 Å². The summed E-state index contributed by atoms with van der Waals surface area (Å²) in [5.74, 6) is 0.532. The lowest BCUT2D eigenvalue weighted by Gasteiger charge is -2.11. The number of hydrogen-bond donors (Lipinski definition) is 2. The number of hydrogen-bond acceptors (Lipinski definition) is 6. The molecule has 0 saturated heterocycles. The number of amides is 1. The van der Waals surface area contributed by atoms with Crippen LogP contribution < -0.4 is 20.1 Å². The summed E-state index contributed by atoms with van der Waals surface area (Å²) in [6, 6.07) is 6.93. The first-order chi connectivity index (χ1) is 12.7. The summed E-state index contributed by atoms with van der Waals surface area (Å²) in [6.45, 7) is 4.15. The number of rotatable bonds is 12. The average molecular weight is 361 g/mol. The summed E-state index contributed by atoms with van der Waals surface area (Å²) >= 11 is 0. The third kappa shape index (κ3) is 7.45. The Hall–Kier alpha value is -2.72. The Bertz CT molecular complexity index is 638. The first-order valence-electron chi connectivity index (χ1n) is 8.61. The number of benzene rings is 1. The summed E-state index contributed by atoms with van der Waals surface area (Å²) in [4.78, 5) is 12.3. The minimum atomic E-state index is -0.522. The molecule has 7 heteroatoms. The Kier molecular flexibility index (Phi) is 10.3. The zero-order chi connectivity index (χ0) is 19.2. The molecule has 1 aromatic rings. The maximum atomic E-state index is 12.3. The first kappa shape index (κ1) is 21.3. The van der Waals surface area contributed by atoms with Crippen LogP contribution in [0.1, 0.15) is 26.2 Å². The minimum absolute atomic E-state index is 0.0261. The van der Waals surface area contributed by atoms with Crippen LogP contribution in [0.5, 0.6) is 11.5 Å². The van der Waals surface area contributed by atoms with Gasteiger partial charge >= 0.3 is 0 Å². The van der Waals surface area contributed by atoms with Crippen molar-refractivity contribution < 1.29 is 19.0 Å². The van der Waals surface area contributed by atoms with Crippen LogP contribution >= 0.6 is 0 Å². The van der Waals surface area contributed by atoms with E-state index in [1.54, 1.807) is 18.2 Å². The number of anilines is 1. The molecule has 0 atom stereocenters. The van der Waals surface area contributed by atoms with E-state index in [4.69, 9.17) is 14.2 Å². The van der Waals surface area contributed by atoms with Crippen LogP contribution in [0.3, 0.4) is 0 Å². The lowest BCUT2D eigenvalue weighted by molar-refractivity contribution is -0.112. The van der Waals surface area contributed by atoms with Gasteiger partial charge in [0.15, 0.2) is 0 Å². The summed E-state index contributed by atoms with van der Waals surface area (Å²) in [6.07, 6.45) is 4.37. The standard InChI is InChI=1S/C19H27N3O4/c1-4-5-10-26-11-6-9-21-14-15(13-20)19(23)22-17-12-16(24-2)7-8-18(17)25-3/h7-8,12,14,21H,4-6,9-11H2,1-3H3,(H,22,23)/b15-14-. The van der Waals surface area contributed by atoms with Crippen molar-refractivity contribution in [3.63, 3.8) is 0 Å². The summed E-state index contributed by atoms with van der Waals surface area (Å²) in [5, 5.41) is 14.8. The molecule has 0 aliphatic heterocycles. The SMILES string of the molecule is CCCCOCCCN/C=C(/C#N)C(=O)Nc1cc(OC)ccc1OC. The third-order valence-corrected chi connectivity index (χ3v) is 3.52. The molecule has 26 heavy (non-hydrogen) atoms. The second kappa shape index (κ2) is 12.6. The highest BCUT2D eigenvalue weighted by Gasteiger charge is 2.13. The Morgan fingerprint density at radius 3 is 2.65 bits per heavy atom. The lowest BCUT2D eigenvalue weighted by atomic mass is 10.2. The number of carbonyl (C=O) groups excluding carboxylic acids is 1. The maximum absolute atomic E-state index is 12.3. The third-order valence-electron chi connectivity index (χ3n) is 3.52. The number of nitrogens with one attached hydrogen (secondary N) is 2. The molecule has 0 aromatic heterocycles. The van der Waals surface area contributed by atoms with Crippen molar-refractivity contribution in [1.29, 1.82) is 5.26 Å². The molecule has 1 rings (SSSR count). The number of nitriles is 1. The highest BCUT2D eigenvalue weighted by atomic mass is 16.5. The molecule has 0 radical (unpaired) electrons. The molecule has 0 heterocycles. The molecule has 0 fully saturated rings. The molecule has 0 aliphatic rings. The van der Waals surface area contributed by atoms with Crippen molar-refractivity contribution in [1.82, 2.24) is 5.32 Å². The molecule has 0 unspecified atom stereocenters. The van der Waals surface area contributed by atoms with Gasteiger partial charge in [-0.3, -0.25) is 4.79 Å². The zero-order valence-electron chi connectivity index (χ0n) is 15.6. The van der Waals surface area contributed by atoms with Gasteiger partial charge in [-0.25, -0.2) is 0 Å². The molecule has 142 valence electrons. The van der Waals surface area contributed by atoms with Crippen molar-refractivity contribution in [3.8, 4) is 17.6 Å². The highest BCUT2D eigenvalue weighted by Crippen LogP contribution is 2.29. The Balaban J connectivity index is 2.54. The Morgan fingerprint density at radius 2 is 2.00 bits per heavy atom. The van der Waals surface area contributed by atoms with E-state index in [0.717, 1.165) is 25.9 Å². The van der Waals surface area contributed by atoms with Crippen LogP contribution in [0, 0.1) is 11.3 Å². The molecular formula is C19H27N3O4. The number of carbonyl (C=O) groups is 1. The van der Waals surface area contributed by atoms with Crippen molar-refractivity contribution in [2.24, 2.45) is 0 Å². The van der Waals surface area contributed by atoms with Gasteiger partial charge in [-0.05, 0) is 25.0 Å². The van der Waals surface area contributed by atoms with Crippen molar-refractivity contribution in [2.75, 3.05) is 39.3 Å². The van der Waals surface area contributed by atoms with Crippen LogP contribution in [0.2, 0.25) is 0 Å². The molecule has 1 aromatic carbocycles. The maximum Gasteiger partial charge on any atom is 0.267 e. The number of ether oxygens (including phenoxy) is 3. The van der Waals surface area contributed by atoms with E-state index in [1.165, 1.54) is 20.4 Å². The van der Waals surface area contributed by atoms with Crippen molar-refractivity contribution in [2.45, 2.75) is 26.2 Å². The topological polar surface area (TPSA) is 92.6 Å². The molecule has 0 bridgehead atoms. The minimum Gasteiger partial charge on any atom is -0.497 e. The van der Waals surface area contributed by atoms with Crippen LogP contribution in [0.15, 0.2) is 30.0 Å². The largest absolute Gasteiger partial charge is 0.497 e. The zero-order valence-corrected chi connectivity index (χ0v) is 15.6. The smallest absolute Gasteiger partial charge is 0.267 e. The van der Waals surface area contributed by atoms with Crippen LogP contribution in [-0.4, -0.2) is 39.9 Å². The van der Waals surface area contributed by atoms with E-state index in [-0.39, 0.29) is 5.57 Å². The fourth-order valence-electron chi connectivity index (χ4n) is 2.05. The van der Waals surface area contributed by atoms with Gasteiger partial charge in [0.05, 0.1) is 19.9 Å². The summed E-state index contributed by atoms with van der Waals surface area (Å²) in [7, 11) is 3.03. The van der Waals surface area contributed by atoms with E-state index in [0.29, 0.717) is 30.3 Å². The number of nitrogens with zero attached hydrogens (tertiary/aromatic N) is 1. The van der Waals surface area contributed by atoms with Crippen molar-refractivity contribution in [3.05, 3.63) is 30.0 Å². The van der Waals surface area contributed by atoms with E-state index in [1.807, 2.05) is 6.07 Å². The van der Waals surface area contributed by atoms with E-state index >= 15 is 0 Å². The first-order valence-corrected chi connectivity index (χ1v) is 8.61. The monoisotopic (exact) mass is 361 g/mol. The molecule has 0 spiro atoms. The fourth-order valence-corrected chi connectivity index (χ4v) is 2.05. The van der Waals surface area contributed by atoms with Gasteiger partial charge < -0.3 is 24.8 Å². The molecule has 2 N–H and O–H groups in total. The molecular weight excluding hydrogens is 334 g/mol. The average Bonchev–Trinajstić information content (AvgIpc) is 2.66. The van der Waals surface area contributed by atoms with Gasteiger partial charge in [0.2, 0.25) is 0 Å². The predicted octanol–water partition coefficient (Wildman–Crippen LogP) is 2.85. The predicted molar refractivity (Wildman–Crippen MR) is 100 cm³/mol. The molecule has 7 nitrogen and oxygen atoms in total. The lowest BCUT2D eigenvalue weighted by Crippen LogP contribution is -2.18. The van der Waals surface area contributed by atoms with Crippen LogP contribution in [0.25, 0.3) is 0 Å². The quantitative estimate of drug-likeness (QED) is 0.338. The van der Waals surface area contributed by atoms with Gasteiger partial charge in [0.25, 0.3) is 5.91 Å². The van der Waals surface area contributed by atoms with Gasteiger partial charge in [-0.1, -0.05) is 13.3 Å². The number of methoxy groups -OCH3 is 2. The van der Waals surface area contributed by atoms with E-state index in [2.05, 4.69) is 17.6 Å². The Morgan fingerprint density at radius 1 is 1.23 bits per heavy atom. The van der Waals surface area contributed by atoms with Crippen LogP contribution in [-0.2, 0) is 9.53 Å². The normalized spacial score (nSPS) is 10.8. The van der Waals surface area contributed by atoms with Gasteiger partial charge in [-0.2, -0.15) is 5.26 Å². The van der Waals surface area contributed by atoms with E-state index in [9.17, 15) is 10.1 Å². The van der Waals surface area contributed by atoms with Crippen molar-refractivity contribution >= 4 is 11.6 Å². The second-order valence-electron chi connectivity index (χ2n) is 5.46. The van der Waals surface area contributed by atoms with Gasteiger partial charge in [0.1, 0.15) is 23.1 Å². The van der Waals surface area contributed by atoms with E-state index < -0.39 is 5.91 Å².